The molecule has 2 unspecified atom stereocenters. The lowest BCUT2D eigenvalue weighted by atomic mass is 9.91. The molecule has 0 saturated carbocycles. The predicted molar refractivity (Wildman–Crippen MR) is 176 cm³/mol. The summed E-state index contributed by atoms with van der Waals surface area (Å²) in [5.41, 5.74) is 0. The maximum Gasteiger partial charge on any atom is 0.000672 e. The average Bonchev–Trinajstić information content (AvgIpc) is 2.91. The van der Waals surface area contributed by atoms with Crippen LogP contribution < -0.4 is 0 Å². The molecule has 0 aliphatic carbocycles. The van der Waals surface area contributed by atoms with Gasteiger partial charge in [0.05, 0.1) is 0 Å². The van der Waals surface area contributed by atoms with E-state index >= 15 is 0 Å². The Kier molecular flexibility index (Phi) is 31.5. The zero-order valence-electron chi connectivity index (χ0n) is 27.8. The van der Waals surface area contributed by atoms with Gasteiger partial charge in [-0.3, -0.25) is 0 Å². The van der Waals surface area contributed by atoms with Crippen LogP contribution in [0.25, 0.3) is 0 Å². The Bertz CT molecular complexity index is 419. The summed E-state index contributed by atoms with van der Waals surface area (Å²) < 4.78 is 0. The molecule has 0 N–H and O–H groups in total. The minimum atomic E-state index is 0.931. The summed E-state index contributed by atoms with van der Waals surface area (Å²) in [7, 11) is 2.46. The topological polar surface area (TPSA) is 3.24 Å². The zero-order valence-corrected chi connectivity index (χ0v) is 27.8. The molecule has 1 heteroatoms. The number of nitrogens with zero attached hydrogens (tertiary/aromatic N) is 1. The van der Waals surface area contributed by atoms with Crippen LogP contribution in [-0.2, 0) is 0 Å². The number of hydrogen-bond acceptors (Lipinski definition) is 1. The van der Waals surface area contributed by atoms with Crippen molar-refractivity contribution in [2.45, 2.75) is 207 Å². The van der Waals surface area contributed by atoms with Gasteiger partial charge in [0.2, 0.25) is 0 Å². The summed E-state index contributed by atoms with van der Waals surface area (Å²) in [5.74, 6) is 1.86. The van der Waals surface area contributed by atoms with Crippen molar-refractivity contribution in [2.24, 2.45) is 11.8 Å². The van der Waals surface area contributed by atoms with Crippen molar-refractivity contribution in [3.05, 3.63) is 0 Å². The number of hydrogen-bond donors (Lipinski definition) is 0. The highest BCUT2D eigenvalue weighted by Gasteiger charge is 2.16. The molecule has 0 bridgehead atoms. The molecular formula is C37H77N. The Morgan fingerprint density at radius 1 is 0.316 bits per heavy atom. The van der Waals surface area contributed by atoms with Gasteiger partial charge in [-0.05, 0) is 44.6 Å². The van der Waals surface area contributed by atoms with Crippen LogP contribution >= 0.6 is 0 Å². The van der Waals surface area contributed by atoms with E-state index in [0.29, 0.717) is 0 Å². The first kappa shape index (κ1) is 38.0. The van der Waals surface area contributed by atoms with Gasteiger partial charge >= 0.3 is 0 Å². The highest BCUT2D eigenvalue weighted by atomic mass is 15.1. The Labute approximate surface area is 244 Å². The first-order chi connectivity index (χ1) is 18.7. The summed E-state index contributed by atoms with van der Waals surface area (Å²) >= 11 is 0. The summed E-state index contributed by atoms with van der Waals surface area (Å²) in [6, 6.07) is 0. The molecule has 0 amide bonds. The smallest absolute Gasteiger partial charge is 0.000672 e. The Hall–Kier alpha value is -0.0400. The largest absolute Gasteiger partial charge is 0.306 e. The SMILES string of the molecule is CCCCCCCCCC(CCCCCC)CN(C)CC(CCCCCCCC)CCCCCCCCC. The van der Waals surface area contributed by atoms with Gasteiger partial charge in [-0.15, -0.1) is 0 Å². The minimum absolute atomic E-state index is 0.931. The van der Waals surface area contributed by atoms with Gasteiger partial charge in [-0.2, -0.15) is 0 Å². The third kappa shape index (κ3) is 27.5. The standard InChI is InChI=1S/C37H77N/c1-6-10-14-18-21-24-28-32-36(30-26-17-13-9-4)34-38(5)35-37(31-27-23-20-16-12-8-3)33-29-25-22-19-15-11-7-2/h36-37H,6-35H2,1-5H3. The second-order valence-corrected chi connectivity index (χ2v) is 13.2. The Balaban J connectivity index is 4.58. The third-order valence-electron chi connectivity index (χ3n) is 9.00. The molecule has 2 atom stereocenters. The first-order valence-corrected chi connectivity index (χ1v) is 18.4. The van der Waals surface area contributed by atoms with E-state index in [0.717, 1.165) is 11.8 Å². The second-order valence-electron chi connectivity index (χ2n) is 13.2. The Morgan fingerprint density at radius 3 is 0.789 bits per heavy atom. The summed E-state index contributed by atoms with van der Waals surface area (Å²) in [5, 5.41) is 0. The van der Waals surface area contributed by atoms with E-state index in [1.165, 1.54) is 193 Å². The van der Waals surface area contributed by atoms with Gasteiger partial charge < -0.3 is 4.90 Å². The molecule has 0 aliphatic rings. The zero-order chi connectivity index (χ0) is 27.9. The van der Waals surface area contributed by atoms with Crippen LogP contribution in [-0.4, -0.2) is 25.0 Å². The van der Waals surface area contributed by atoms with E-state index in [-0.39, 0.29) is 0 Å². The van der Waals surface area contributed by atoms with Crippen molar-refractivity contribution in [3.8, 4) is 0 Å². The lowest BCUT2D eigenvalue weighted by Crippen LogP contribution is -2.31. The van der Waals surface area contributed by atoms with E-state index < -0.39 is 0 Å². The van der Waals surface area contributed by atoms with Crippen molar-refractivity contribution in [1.82, 2.24) is 4.90 Å². The predicted octanol–water partition coefficient (Wildman–Crippen LogP) is 13.2. The molecule has 0 aromatic carbocycles. The maximum atomic E-state index is 2.77. The molecular weight excluding hydrogens is 458 g/mol. The minimum Gasteiger partial charge on any atom is -0.306 e. The van der Waals surface area contributed by atoms with Gasteiger partial charge in [-0.1, -0.05) is 182 Å². The van der Waals surface area contributed by atoms with Gasteiger partial charge in [0.25, 0.3) is 0 Å². The van der Waals surface area contributed by atoms with Crippen molar-refractivity contribution >= 4 is 0 Å². The van der Waals surface area contributed by atoms with Crippen LogP contribution in [0.4, 0.5) is 0 Å². The quantitative estimate of drug-likeness (QED) is 0.0774. The number of unbranched alkanes of at least 4 members (excludes halogenated alkanes) is 20. The molecule has 0 radical (unpaired) electrons. The highest BCUT2D eigenvalue weighted by Crippen LogP contribution is 2.24. The molecule has 0 aromatic rings. The molecule has 0 fully saturated rings. The van der Waals surface area contributed by atoms with Crippen LogP contribution in [0.2, 0.25) is 0 Å². The van der Waals surface area contributed by atoms with Crippen LogP contribution in [0.3, 0.4) is 0 Å². The van der Waals surface area contributed by atoms with Gasteiger partial charge in [0, 0.05) is 13.1 Å². The van der Waals surface area contributed by atoms with Gasteiger partial charge in [0.15, 0.2) is 0 Å². The van der Waals surface area contributed by atoms with Crippen LogP contribution in [0.5, 0.6) is 0 Å². The summed E-state index contributed by atoms with van der Waals surface area (Å²) in [4.78, 5) is 2.77. The second kappa shape index (κ2) is 31.5. The normalized spacial score (nSPS) is 13.4. The average molecular weight is 536 g/mol. The molecule has 0 saturated heterocycles. The lowest BCUT2D eigenvalue weighted by molar-refractivity contribution is 0.205. The molecule has 0 aromatic heterocycles. The Morgan fingerprint density at radius 2 is 0.526 bits per heavy atom. The monoisotopic (exact) mass is 536 g/mol. The molecule has 38 heavy (non-hydrogen) atoms. The molecule has 0 spiro atoms. The fraction of sp³-hybridized carbons (Fsp3) is 1.00. The van der Waals surface area contributed by atoms with Crippen molar-refractivity contribution in [1.29, 1.82) is 0 Å². The molecule has 0 heterocycles. The van der Waals surface area contributed by atoms with Gasteiger partial charge in [-0.25, -0.2) is 0 Å². The van der Waals surface area contributed by atoms with Gasteiger partial charge in [0.1, 0.15) is 0 Å². The molecule has 1 nitrogen and oxygen atoms in total. The highest BCUT2D eigenvalue weighted by molar-refractivity contribution is 4.70. The van der Waals surface area contributed by atoms with Crippen molar-refractivity contribution in [3.63, 3.8) is 0 Å². The fourth-order valence-electron chi connectivity index (χ4n) is 6.46. The van der Waals surface area contributed by atoms with Crippen LogP contribution in [0, 0.1) is 11.8 Å². The summed E-state index contributed by atoms with van der Waals surface area (Å²) in [6.07, 6.45) is 40.5. The lowest BCUT2D eigenvalue weighted by Gasteiger charge is -2.28. The number of rotatable bonds is 32. The van der Waals surface area contributed by atoms with E-state index in [1.54, 1.807) is 0 Å². The first-order valence-electron chi connectivity index (χ1n) is 18.4. The van der Waals surface area contributed by atoms with Crippen LogP contribution in [0.15, 0.2) is 0 Å². The maximum absolute atomic E-state index is 2.77. The molecule has 230 valence electrons. The van der Waals surface area contributed by atoms with E-state index in [2.05, 4.69) is 39.6 Å². The van der Waals surface area contributed by atoms with E-state index in [1.807, 2.05) is 0 Å². The van der Waals surface area contributed by atoms with Crippen molar-refractivity contribution in [2.75, 3.05) is 20.1 Å². The molecule has 0 rings (SSSR count). The van der Waals surface area contributed by atoms with Crippen molar-refractivity contribution < 1.29 is 0 Å². The summed E-state index contributed by atoms with van der Waals surface area (Å²) in [6.45, 7) is 12.0. The van der Waals surface area contributed by atoms with E-state index in [9.17, 15) is 0 Å². The molecule has 0 aliphatic heterocycles. The third-order valence-corrected chi connectivity index (χ3v) is 9.00. The fourth-order valence-corrected chi connectivity index (χ4v) is 6.46. The van der Waals surface area contributed by atoms with Crippen LogP contribution in [0.1, 0.15) is 207 Å². The van der Waals surface area contributed by atoms with E-state index in [4.69, 9.17) is 0 Å².